The number of amides is 1. The summed E-state index contributed by atoms with van der Waals surface area (Å²) in [7, 11) is 1.83. The van der Waals surface area contributed by atoms with E-state index in [1.54, 1.807) is 4.90 Å². The zero-order chi connectivity index (χ0) is 11.7. The van der Waals surface area contributed by atoms with Crippen molar-refractivity contribution in [3.63, 3.8) is 0 Å². The lowest BCUT2D eigenvalue weighted by atomic mass is 10.2. The van der Waals surface area contributed by atoms with E-state index in [1.807, 2.05) is 25.2 Å². The highest BCUT2D eigenvalue weighted by Crippen LogP contribution is 2.28. The van der Waals surface area contributed by atoms with Crippen LogP contribution in [0.1, 0.15) is 6.42 Å². The third kappa shape index (κ3) is 2.40. The molecule has 1 heterocycles. The summed E-state index contributed by atoms with van der Waals surface area (Å²) < 4.78 is 1.98. The normalized spacial score (nSPS) is 20.3. The number of likely N-dealkylation sites (N-methyl/N-ethyl adjacent to an activating group) is 1. The quantitative estimate of drug-likeness (QED) is 0.892. The van der Waals surface area contributed by atoms with Crippen LogP contribution in [0.2, 0.25) is 0 Å². The lowest BCUT2D eigenvalue weighted by molar-refractivity contribution is -0.127. The van der Waals surface area contributed by atoms with Gasteiger partial charge in [-0.25, -0.2) is 0 Å². The predicted molar refractivity (Wildman–Crippen MR) is 71.5 cm³/mol. The van der Waals surface area contributed by atoms with Gasteiger partial charge in [-0.05, 0) is 40.5 Å². The molecule has 5 heteroatoms. The van der Waals surface area contributed by atoms with Gasteiger partial charge in [0.2, 0.25) is 5.91 Å². The number of hydrogen-bond donors (Lipinski definition) is 1. The molecular weight excluding hydrogens is 336 g/mol. The Balaban J connectivity index is 2.12. The summed E-state index contributed by atoms with van der Waals surface area (Å²) in [4.78, 5) is 13.5. The minimum absolute atomic E-state index is 0.0949. The van der Waals surface area contributed by atoms with Crippen molar-refractivity contribution < 1.29 is 4.79 Å². The molecular formula is C11H12Br2N2O. The van der Waals surface area contributed by atoms with Gasteiger partial charge in [-0.2, -0.15) is 0 Å². The van der Waals surface area contributed by atoms with Crippen molar-refractivity contribution in [1.29, 1.82) is 0 Å². The molecule has 1 fully saturated rings. The molecule has 1 aromatic rings. The van der Waals surface area contributed by atoms with Crippen LogP contribution in [0, 0.1) is 0 Å². The molecule has 16 heavy (non-hydrogen) atoms. The third-order valence-electron chi connectivity index (χ3n) is 2.69. The van der Waals surface area contributed by atoms with Gasteiger partial charge in [0.1, 0.15) is 6.04 Å². The standard InChI is InChI=1S/C11H12Br2N2O/c1-15-5-4-10(11(15)16)14-9-3-2-7(12)6-8(9)13/h2-3,6,10,14H,4-5H2,1H3. The van der Waals surface area contributed by atoms with Crippen LogP contribution in [0.3, 0.4) is 0 Å². The van der Waals surface area contributed by atoms with Crippen molar-refractivity contribution in [2.45, 2.75) is 12.5 Å². The Morgan fingerprint density at radius 1 is 1.44 bits per heavy atom. The van der Waals surface area contributed by atoms with Crippen LogP contribution in [0.5, 0.6) is 0 Å². The van der Waals surface area contributed by atoms with Gasteiger partial charge in [0.15, 0.2) is 0 Å². The average molecular weight is 348 g/mol. The van der Waals surface area contributed by atoms with Crippen molar-refractivity contribution in [3.05, 3.63) is 27.1 Å². The molecule has 3 nitrogen and oxygen atoms in total. The molecule has 1 unspecified atom stereocenters. The van der Waals surface area contributed by atoms with E-state index in [1.165, 1.54) is 0 Å². The highest BCUT2D eigenvalue weighted by Gasteiger charge is 2.28. The monoisotopic (exact) mass is 346 g/mol. The number of rotatable bonds is 2. The second kappa shape index (κ2) is 4.75. The van der Waals surface area contributed by atoms with Gasteiger partial charge in [0, 0.05) is 28.2 Å². The first-order valence-corrected chi connectivity index (χ1v) is 6.63. The van der Waals surface area contributed by atoms with Gasteiger partial charge >= 0.3 is 0 Å². The van der Waals surface area contributed by atoms with Crippen molar-refractivity contribution in [2.75, 3.05) is 18.9 Å². The van der Waals surface area contributed by atoms with Crippen LogP contribution in [-0.2, 0) is 4.79 Å². The van der Waals surface area contributed by atoms with Crippen LogP contribution in [0.25, 0.3) is 0 Å². The lowest BCUT2D eigenvalue weighted by Crippen LogP contribution is -2.31. The van der Waals surface area contributed by atoms with Gasteiger partial charge in [0.05, 0.1) is 0 Å². The average Bonchev–Trinajstić information content (AvgIpc) is 2.54. The van der Waals surface area contributed by atoms with E-state index in [0.717, 1.165) is 27.6 Å². The van der Waals surface area contributed by atoms with E-state index < -0.39 is 0 Å². The van der Waals surface area contributed by atoms with Gasteiger partial charge in [0.25, 0.3) is 0 Å². The van der Waals surface area contributed by atoms with Crippen molar-refractivity contribution >= 4 is 43.5 Å². The molecule has 2 rings (SSSR count). The lowest BCUT2D eigenvalue weighted by Gasteiger charge is -2.14. The number of likely N-dealkylation sites (tertiary alicyclic amines) is 1. The number of carbonyl (C=O) groups excluding carboxylic acids is 1. The molecule has 1 aliphatic rings. The summed E-state index contributed by atoms with van der Waals surface area (Å²) in [5, 5.41) is 3.26. The highest BCUT2D eigenvalue weighted by molar-refractivity contribution is 9.11. The molecule has 1 aromatic carbocycles. The second-order valence-corrected chi connectivity index (χ2v) is 5.64. The molecule has 0 saturated carbocycles. The molecule has 1 atom stereocenters. The largest absolute Gasteiger partial charge is 0.373 e. The Hall–Kier alpha value is -0.550. The molecule has 1 aliphatic heterocycles. The van der Waals surface area contributed by atoms with Crippen molar-refractivity contribution in [2.24, 2.45) is 0 Å². The third-order valence-corrected chi connectivity index (χ3v) is 3.84. The Morgan fingerprint density at radius 3 is 2.75 bits per heavy atom. The first-order chi connectivity index (χ1) is 7.58. The number of nitrogens with zero attached hydrogens (tertiary/aromatic N) is 1. The summed E-state index contributed by atoms with van der Waals surface area (Å²) in [6.07, 6.45) is 0.859. The van der Waals surface area contributed by atoms with Gasteiger partial charge in [-0.15, -0.1) is 0 Å². The van der Waals surface area contributed by atoms with Crippen LogP contribution in [0.4, 0.5) is 5.69 Å². The van der Waals surface area contributed by atoms with E-state index in [0.29, 0.717) is 0 Å². The summed E-state index contributed by atoms with van der Waals surface area (Å²) in [6.45, 7) is 0.824. The SMILES string of the molecule is CN1CCC(Nc2ccc(Br)cc2Br)C1=O. The summed E-state index contributed by atoms with van der Waals surface area (Å²) in [5.74, 6) is 0.162. The minimum Gasteiger partial charge on any atom is -0.373 e. The zero-order valence-corrected chi connectivity index (χ0v) is 12.0. The van der Waals surface area contributed by atoms with E-state index in [9.17, 15) is 4.79 Å². The van der Waals surface area contributed by atoms with Crippen LogP contribution >= 0.6 is 31.9 Å². The number of anilines is 1. The molecule has 1 amide bonds. The molecule has 1 N–H and O–H groups in total. The smallest absolute Gasteiger partial charge is 0.244 e. The molecule has 0 radical (unpaired) electrons. The number of nitrogens with one attached hydrogen (secondary N) is 1. The maximum atomic E-state index is 11.7. The molecule has 0 aliphatic carbocycles. The molecule has 1 saturated heterocycles. The fourth-order valence-corrected chi connectivity index (χ4v) is 2.91. The number of carbonyl (C=O) groups is 1. The predicted octanol–water partition coefficient (Wildman–Crippen LogP) is 2.85. The molecule has 0 aromatic heterocycles. The minimum atomic E-state index is -0.0949. The van der Waals surface area contributed by atoms with Gasteiger partial charge in [-0.1, -0.05) is 15.9 Å². The van der Waals surface area contributed by atoms with Crippen LogP contribution in [0.15, 0.2) is 27.1 Å². The van der Waals surface area contributed by atoms with Gasteiger partial charge in [-0.3, -0.25) is 4.79 Å². The Kier molecular flexibility index (Phi) is 3.54. The molecule has 0 bridgehead atoms. The summed E-state index contributed by atoms with van der Waals surface area (Å²) in [5.41, 5.74) is 0.955. The van der Waals surface area contributed by atoms with E-state index in [-0.39, 0.29) is 11.9 Å². The number of halogens is 2. The van der Waals surface area contributed by atoms with Crippen LogP contribution in [-0.4, -0.2) is 30.4 Å². The van der Waals surface area contributed by atoms with Crippen molar-refractivity contribution in [1.82, 2.24) is 4.90 Å². The second-order valence-electron chi connectivity index (χ2n) is 3.87. The Morgan fingerprint density at radius 2 is 2.19 bits per heavy atom. The molecule has 0 spiro atoms. The van der Waals surface area contributed by atoms with E-state index in [4.69, 9.17) is 0 Å². The zero-order valence-electron chi connectivity index (χ0n) is 8.84. The summed E-state index contributed by atoms with van der Waals surface area (Å²) >= 11 is 6.87. The molecule has 86 valence electrons. The fraction of sp³-hybridized carbons (Fsp3) is 0.364. The first-order valence-electron chi connectivity index (χ1n) is 5.04. The summed E-state index contributed by atoms with van der Waals surface area (Å²) in [6, 6.07) is 5.78. The fourth-order valence-electron chi connectivity index (χ4n) is 1.75. The maximum absolute atomic E-state index is 11.7. The number of benzene rings is 1. The Bertz CT molecular complexity index is 422. The first kappa shape index (κ1) is 11.9. The maximum Gasteiger partial charge on any atom is 0.244 e. The van der Waals surface area contributed by atoms with Gasteiger partial charge < -0.3 is 10.2 Å². The Labute approximate surface area is 111 Å². The van der Waals surface area contributed by atoms with E-state index >= 15 is 0 Å². The number of hydrogen-bond acceptors (Lipinski definition) is 2. The van der Waals surface area contributed by atoms with E-state index in [2.05, 4.69) is 37.2 Å². The van der Waals surface area contributed by atoms with Crippen LogP contribution < -0.4 is 5.32 Å². The highest BCUT2D eigenvalue weighted by atomic mass is 79.9. The van der Waals surface area contributed by atoms with Crippen molar-refractivity contribution in [3.8, 4) is 0 Å². The topological polar surface area (TPSA) is 32.3 Å².